The maximum atomic E-state index is 8.22. The molecule has 0 fully saturated rings. The van der Waals surface area contributed by atoms with E-state index in [2.05, 4.69) is 10.1 Å². The highest BCUT2D eigenvalue weighted by molar-refractivity contribution is 6.69. The second kappa shape index (κ2) is 4.93. The molecule has 60 valence electrons. The van der Waals surface area contributed by atoms with E-state index < -0.39 is 0 Å². The van der Waals surface area contributed by atoms with Gasteiger partial charge in [-0.1, -0.05) is 16.8 Å². The predicted molar refractivity (Wildman–Crippen MR) is 45.7 cm³/mol. The van der Waals surface area contributed by atoms with Crippen molar-refractivity contribution in [3.05, 3.63) is 30.1 Å². The monoisotopic (exact) mass is 192 g/mol. The van der Waals surface area contributed by atoms with Gasteiger partial charge in [-0.15, -0.1) is 12.4 Å². The number of hydrogen-bond acceptors (Lipinski definition) is 3. The van der Waals surface area contributed by atoms with Gasteiger partial charge < -0.3 is 5.21 Å². The predicted octanol–water partition coefficient (Wildman–Crippen LogP) is 1.88. The smallest absolute Gasteiger partial charge is 0.175 e. The molecule has 3 nitrogen and oxygen atoms in total. The fourth-order valence-corrected chi connectivity index (χ4v) is 0.673. The Labute approximate surface area is 75.1 Å². The van der Waals surface area contributed by atoms with Crippen LogP contribution in [0.1, 0.15) is 5.56 Å². The zero-order valence-corrected chi connectivity index (χ0v) is 7.01. The molecule has 0 atom stereocenters. The molecule has 0 saturated carbocycles. The summed E-state index contributed by atoms with van der Waals surface area (Å²) in [5.74, 6) is 0. The fraction of sp³-hybridized carbons (Fsp3) is 0. The number of oxime groups is 1. The first-order valence-corrected chi connectivity index (χ1v) is 3.00. The molecule has 0 bridgehead atoms. The van der Waals surface area contributed by atoms with Gasteiger partial charge in [-0.25, -0.2) is 0 Å². The average molecular weight is 193 g/mol. The number of halogens is 2. The molecule has 5 heteroatoms. The summed E-state index contributed by atoms with van der Waals surface area (Å²) in [5.41, 5.74) is 0.652. The van der Waals surface area contributed by atoms with E-state index in [0.29, 0.717) is 5.56 Å². The molecule has 1 aromatic heterocycles. The summed E-state index contributed by atoms with van der Waals surface area (Å²) in [6.45, 7) is 0. The van der Waals surface area contributed by atoms with Crippen molar-refractivity contribution in [2.45, 2.75) is 0 Å². The first-order valence-electron chi connectivity index (χ1n) is 2.62. The van der Waals surface area contributed by atoms with Crippen LogP contribution in [-0.2, 0) is 0 Å². The maximum Gasteiger partial charge on any atom is 0.175 e. The van der Waals surface area contributed by atoms with Gasteiger partial charge in [0.15, 0.2) is 5.17 Å². The Hall–Kier alpha value is -0.800. The molecule has 0 amide bonds. The summed E-state index contributed by atoms with van der Waals surface area (Å²) in [6.07, 6.45) is 3.14. The van der Waals surface area contributed by atoms with Crippen LogP contribution < -0.4 is 0 Å². The quantitative estimate of drug-likeness (QED) is 0.420. The van der Waals surface area contributed by atoms with Crippen molar-refractivity contribution in [2.75, 3.05) is 0 Å². The molecular formula is C6H6Cl2N2O. The van der Waals surface area contributed by atoms with Crippen LogP contribution in [0.25, 0.3) is 0 Å². The van der Waals surface area contributed by atoms with E-state index in [-0.39, 0.29) is 17.6 Å². The molecule has 11 heavy (non-hydrogen) atoms. The zero-order chi connectivity index (χ0) is 7.40. The van der Waals surface area contributed by atoms with Crippen LogP contribution >= 0.6 is 24.0 Å². The van der Waals surface area contributed by atoms with E-state index in [1.807, 2.05) is 0 Å². The summed E-state index contributed by atoms with van der Waals surface area (Å²) < 4.78 is 0. The van der Waals surface area contributed by atoms with E-state index in [4.69, 9.17) is 16.8 Å². The highest BCUT2D eigenvalue weighted by atomic mass is 35.5. The van der Waals surface area contributed by atoms with Gasteiger partial charge in [-0.2, -0.15) is 0 Å². The lowest BCUT2D eigenvalue weighted by molar-refractivity contribution is 0.321. The highest BCUT2D eigenvalue weighted by Crippen LogP contribution is 2.01. The maximum absolute atomic E-state index is 8.22. The van der Waals surface area contributed by atoms with Gasteiger partial charge in [0, 0.05) is 18.0 Å². The van der Waals surface area contributed by atoms with Crippen LogP contribution in [0.4, 0.5) is 0 Å². The third kappa shape index (κ3) is 2.74. The third-order valence-electron chi connectivity index (χ3n) is 1.01. The molecule has 0 aliphatic heterocycles. The number of hydrogen-bond donors (Lipinski definition) is 1. The van der Waals surface area contributed by atoms with Gasteiger partial charge in [0.2, 0.25) is 0 Å². The summed E-state index contributed by atoms with van der Waals surface area (Å²) in [4.78, 5) is 3.77. The molecule has 1 heterocycles. The van der Waals surface area contributed by atoms with Crippen molar-refractivity contribution in [1.29, 1.82) is 0 Å². The summed E-state index contributed by atoms with van der Waals surface area (Å²) in [7, 11) is 0. The van der Waals surface area contributed by atoms with Gasteiger partial charge in [0.1, 0.15) is 0 Å². The summed E-state index contributed by atoms with van der Waals surface area (Å²) in [6, 6.07) is 3.31. The Morgan fingerprint density at radius 3 is 2.45 bits per heavy atom. The normalized spacial score (nSPS) is 10.5. The number of aromatic nitrogens is 1. The topological polar surface area (TPSA) is 45.5 Å². The Kier molecular flexibility index (Phi) is 4.57. The summed E-state index contributed by atoms with van der Waals surface area (Å²) in [5, 5.41) is 11.1. The Morgan fingerprint density at radius 1 is 1.45 bits per heavy atom. The molecule has 0 aliphatic carbocycles. The van der Waals surface area contributed by atoms with Gasteiger partial charge in [-0.3, -0.25) is 4.98 Å². The molecule has 1 rings (SSSR count). The lowest BCUT2D eigenvalue weighted by Crippen LogP contribution is -1.89. The van der Waals surface area contributed by atoms with Gasteiger partial charge in [-0.05, 0) is 12.1 Å². The van der Waals surface area contributed by atoms with Crippen molar-refractivity contribution >= 4 is 29.2 Å². The number of nitrogens with zero attached hydrogens (tertiary/aromatic N) is 2. The second-order valence-electron chi connectivity index (χ2n) is 1.63. The summed E-state index contributed by atoms with van der Waals surface area (Å²) >= 11 is 5.46. The van der Waals surface area contributed by atoms with Crippen LogP contribution in [0.15, 0.2) is 29.7 Å². The largest absolute Gasteiger partial charge is 0.410 e. The molecule has 0 spiro atoms. The number of pyridine rings is 1. The minimum atomic E-state index is 0. The fourth-order valence-electron chi connectivity index (χ4n) is 0.547. The van der Waals surface area contributed by atoms with Crippen LogP contribution in [0.5, 0.6) is 0 Å². The first kappa shape index (κ1) is 10.2. The van der Waals surface area contributed by atoms with Crippen molar-refractivity contribution in [2.24, 2.45) is 5.16 Å². The van der Waals surface area contributed by atoms with E-state index in [1.54, 1.807) is 24.5 Å². The van der Waals surface area contributed by atoms with Crippen LogP contribution in [-0.4, -0.2) is 15.4 Å². The van der Waals surface area contributed by atoms with Crippen LogP contribution in [0.2, 0.25) is 0 Å². The molecular weight excluding hydrogens is 187 g/mol. The molecule has 1 N–H and O–H groups in total. The van der Waals surface area contributed by atoms with Crippen molar-refractivity contribution in [1.82, 2.24) is 4.98 Å². The average Bonchev–Trinajstić information content (AvgIpc) is 2.05. The molecule has 1 aromatic rings. The lowest BCUT2D eigenvalue weighted by Gasteiger charge is -1.91. The Morgan fingerprint density at radius 2 is 2.00 bits per heavy atom. The minimum absolute atomic E-state index is 0. The van der Waals surface area contributed by atoms with E-state index in [1.165, 1.54) is 0 Å². The minimum Gasteiger partial charge on any atom is -0.410 e. The van der Waals surface area contributed by atoms with E-state index >= 15 is 0 Å². The molecule has 0 saturated heterocycles. The van der Waals surface area contributed by atoms with E-state index in [9.17, 15) is 0 Å². The van der Waals surface area contributed by atoms with Crippen LogP contribution in [0, 0.1) is 0 Å². The molecule has 0 aliphatic rings. The lowest BCUT2D eigenvalue weighted by atomic mass is 10.3. The second-order valence-corrected chi connectivity index (χ2v) is 1.98. The van der Waals surface area contributed by atoms with E-state index in [0.717, 1.165) is 0 Å². The van der Waals surface area contributed by atoms with Gasteiger partial charge in [0.25, 0.3) is 0 Å². The van der Waals surface area contributed by atoms with Crippen molar-refractivity contribution in [3.63, 3.8) is 0 Å². The Bertz CT molecular complexity index is 238. The van der Waals surface area contributed by atoms with Crippen LogP contribution in [0.3, 0.4) is 0 Å². The van der Waals surface area contributed by atoms with Gasteiger partial charge in [0.05, 0.1) is 0 Å². The Balaban J connectivity index is 0.000001000. The standard InChI is InChI=1S/C6H5ClN2O.ClH/c7-6(9-10)5-1-3-8-4-2-5;/h1-4,10H;1H. The third-order valence-corrected chi connectivity index (χ3v) is 1.30. The first-order chi connectivity index (χ1) is 4.84. The molecule has 0 unspecified atom stereocenters. The van der Waals surface area contributed by atoms with Crippen molar-refractivity contribution < 1.29 is 5.21 Å². The SMILES string of the molecule is Cl.ON=C(Cl)c1ccncc1. The molecule has 0 aromatic carbocycles. The zero-order valence-electron chi connectivity index (χ0n) is 5.44. The number of rotatable bonds is 1. The van der Waals surface area contributed by atoms with Crippen molar-refractivity contribution in [3.8, 4) is 0 Å². The molecule has 0 radical (unpaired) electrons. The van der Waals surface area contributed by atoms with Gasteiger partial charge >= 0.3 is 0 Å². The highest BCUT2D eigenvalue weighted by Gasteiger charge is 1.96.